The van der Waals surface area contributed by atoms with Crippen molar-refractivity contribution in [1.82, 2.24) is 0 Å². The zero-order chi connectivity index (χ0) is 17.7. The van der Waals surface area contributed by atoms with Gasteiger partial charge in [-0.3, -0.25) is 4.79 Å². The Bertz CT molecular complexity index is 704. The molecular formula is C19H21NO4S. The van der Waals surface area contributed by atoms with E-state index in [9.17, 15) is 4.79 Å². The van der Waals surface area contributed by atoms with Gasteiger partial charge in [0.15, 0.2) is 6.29 Å². The molecule has 0 saturated carbocycles. The van der Waals surface area contributed by atoms with Crippen LogP contribution in [0.3, 0.4) is 0 Å². The molecule has 0 spiro atoms. The highest BCUT2D eigenvalue weighted by molar-refractivity contribution is 7.10. The topological polar surface area (TPSA) is 56.8 Å². The summed E-state index contributed by atoms with van der Waals surface area (Å²) < 4.78 is 16.9. The second kappa shape index (κ2) is 7.82. The molecule has 1 aliphatic heterocycles. The molecule has 1 aliphatic rings. The molecule has 0 radical (unpaired) electrons. The Labute approximate surface area is 151 Å². The number of rotatable bonds is 6. The molecule has 5 nitrogen and oxygen atoms in total. The van der Waals surface area contributed by atoms with Gasteiger partial charge in [-0.05, 0) is 42.6 Å². The fourth-order valence-electron chi connectivity index (χ4n) is 2.40. The summed E-state index contributed by atoms with van der Waals surface area (Å²) >= 11 is 1.58. The number of benzene rings is 1. The van der Waals surface area contributed by atoms with Gasteiger partial charge in [0.05, 0.1) is 23.5 Å². The van der Waals surface area contributed by atoms with Crippen molar-refractivity contribution in [2.75, 3.05) is 25.1 Å². The number of nitrogens with one attached hydrogen (secondary N) is 1. The van der Waals surface area contributed by atoms with Crippen LogP contribution in [0.1, 0.15) is 18.1 Å². The Morgan fingerprint density at radius 1 is 1.36 bits per heavy atom. The minimum Gasteiger partial charge on any atom is -0.490 e. The first kappa shape index (κ1) is 17.7. The fourth-order valence-corrected chi connectivity index (χ4v) is 3.12. The molecule has 1 saturated heterocycles. The van der Waals surface area contributed by atoms with Crippen LogP contribution in [0.4, 0.5) is 5.69 Å². The maximum Gasteiger partial charge on any atom is 0.234 e. The average molecular weight is 359 g/mol. The number of carbonyl (C=O) groups is 1. The van der Waals surface area contributed by atoms with Crippen LogP contribution in [0, 0.1) is 5.41 Å². The van der Waals surface area contributed by atoms with Crippen molar-refractivity contribution in [2.45, 2.75) is 13.2 Å². The zero-order valence-corrected chi connectivity index (χ0v) is 14.9. The minimum absolute atomic E-state index is 0.128. The van der Waals surface area contributed by atoms with E-state index in [0.29, 0.717) is 25.5 Å². The highest BCUT2D eigenvalue weighted by Gasteiger charge is 2.40. The summed E-state index contributed by atoms with van der Waals surface area (Å²) in [4.78, 5) is 13.6. The lowest BCUT2D eigenvalue weighted by Gasteiger charge is -2.35. The average Bonchev–Trinajstić information content (AvgIpc) is 3.16. The van der Waals surface area contributed by atoms with E-state index in [1.165, 1.54) is 0 Å². The van der Waals surface area contributed by atoms with Crippen molar-refractivity contribution >= 4 is 22.9 Å². The summed E-state index contributed by atoms with van der Waals surface area (Å²) in [6, 6.07) is 11.1. The summed E-state index contributed by atoms with van der Waals surface area (Å²) in [5.74, 6) is 0.601. The number of ether oxygens (including phenoxy) is 3. The maximum absolute atomic E-state index is 12.6. The smallest absolute Gasteiger partial charge is 0.234 e. The minimum atomic E-state index is -0.730. The molecule has 132 valence electrons. The van der Waals surface area contributed by atoms with Gasteiger partial charge in [0.2, 0.25) is 5.91 Å². The predicted octanol–water partition coefficient (Wildman–Crippen LogP) is 4.00. The third-order valence-corrected chi connectivity index (χ3v) is 4.80. The number of hydrogen-bond donors (Lipinski definition) is 1. The maximum atomic E-state index is 12.6. The normalized spacial score (nSPS) is 23.0. The molecule has 1 aromatic carbocycles. The summed E-state index contributed by atoms with van der Waals surface area (Å²) in [7, 11) is 0. The van der Waals surface area contributed by atoms with Crippen LogP contribution in [0.2, 0.25) is 0 Å². The van der Waals surface area contributed by atoms with E-state index in [0.717, 1.165) is 10.6 Å². The van der Waals surface area contributed by atoms with Crippen molar-refractivity contribution in [2.24, 2.45) is 5.41 Å². The quantitative estimate of drug-likeness (QED) is 0.792. The first-order valence-electron chi connectivity index (χ1n) is 8.02. The van der Waals surface area contributed by atoms with Gasteiger partial charge < -0.3 is 19.5 Å². The zero-order valence-electron chi connectivity index (χ0n) is 14.1. The van der Waals surface area contributed by atoms with Crippen LogP contribution in [-0.2, 0) is 14.3 Å². The van der Waals surface area contributed by atoms with Crippen LogP contribution < -0.4 is 10.1 Å². The largest absolute Gasteiger partial charge is 0.490 e. The van der Waals surface area contributed by atoms with Gasteiger partial charge in [-0.2, -0.15) is 0 Å². The summed E-state index contributed by atoms with van der Waals surface area (Å²) in [6.45, 7) is 6.51. The van der Waals surface area contributed by atoms with Crippen molar-refractivity contribution in [3.05, 3.63) is 59.3 Å². The van der Waals surface area contributed by atoms with Gasteiger partial charge in [-0.25, -0.2) is 0 Å². The number of thiophene rings is 1. The molecule has 1 amide bonds. The first-order valence-corrected chi connectivity index (χ1v) is 8.90. The van der Waals surface area contributed by atoms with Gasteiger partial charge in [-0.15, -0.1) is 11.3 Å². The fraction of sp³-hybridized carbons (Fsp3) is 0.316. The molecule has 3 rings (SSSR count). The van der Waals surface area contributed by atoms with Crippen LogP contribution in [0.5, 0.6) is 5.75 Å². The molecule has 0 aliphatic carbocycles. The molecule has 0 bridgehead atoms. The molecule has 25 heavy (non-hydrogen) atoms. The van der Waals surface area contributed by atoms with E-state index in [1.807, 2.05) is 36.6 Å². The second-order valence-electron chi connectivity index (χ2n) is 6.11. The molecule has 0 atom stereocenters. The van der Waals surface area contributed by atoms with E-state index >= 15 is 0 Å². The van der Waals surface area contributed by atoms with E-state index in [-0.39, 0.29) is 12.2 Å². The lowest BCUT2D eigenvalue weighted by atomic mass is 9.90. The van der Waals surface area contributed by atoms with Gasteiger partial charge in [0.1, 0.15) is 12.4 Å². The lowest BCUT2D eigenvalue weighted by molar-refractivity contribution is -0.225. The van der Waals surface area contributed by atoms with Crippen LogP contribution in [0.15, 0.2) is 54.4 Å². The van der Waals surface area contributed by atoms with Gasteiger partial charge in [0, 0.05) is 5.69 Å². The number of hydrogen-bond acceptors (Lipinski definition) is 5. The highest BCUT2D eigenvalue weighted by Crippen LogP contribution is 2.34. The van der Waals surface area contributed by atoms with Crippen molar-refractivity contribution < 1.29 is 19.0 Å². The Kier molecular flexibility index (Phi) is 5.53. The second-order valence-corrected chi connectivity index (χ2v) is 7.09. The Hall–Kier alpha value is -2.15. The monoisotopic (exact) mass is 359 g/mol. The molecule has 2 aromatic rings. The predicted molar refractivity (Wildman–Crippen MR) is 97.8 cm³/mol. The third kappa shape index (κ3) is 4.28. The van der Waals surface area contributed by atoms with Crippen molar-refractivity contribution in [3.63, 3.8) is 0 Å². The Balaban J connectivity index is 1.56. The van der Waals surface area contributed by atoms with Crippen LogP contribution >= 0.6 is 11.3 Å². The van der Waals surface area contributed by atoms with E-state index in [1.54, 1.807) is 29.5 Å². The van der Waals surface area contributed by atoms with Crippen LogP contribution in [0.25, 0.3) is 0 Å². The standard InChI is InChI=1S/C19H21NO4S/c1-3-10-22-15-8-6-14(7-9-15)20-18(21)19(2)12-23-17(24-13-19)16-5-4-11-25-16/h3-9,11,17H,1,10,12-13H2,2H3,(H,20,21). The van der Waals surface area contributed by atoms with Gasteiger partial charge in [-0.1, -0.05) is 18.7 Å². The molecule has 0 unspecified atom stereocenters. The first-order chi connectivity index (χ1) is 12.1. The summed E-state index contributed by atoms with van der Waals surface area (Å²) in [5.41, 5.74) is -0.0243. The molecule has 1 N–H and O–H groups in total. The molecule has 6 heteroatoms. The summed E-state index contributed by atoms with van der Waals surface area (Å²) in [6.07, 6.45) is 1.30. The van der Waals surface area contributed by atoms with Crippen molar-refractivity contribution in [3.8, 4) is 5.75 Å². The SMILES string of the molecule is C=CCOc1ccc(NC(=O)C2(C)COC(c3cccs3)OC2)cc1. The third-order valence-electron chi connectivity index (χ3n) is 3.91. The lowest BCUT2D eigenvalue weighted by Crippen LogP contribution is -2.45. The Morgan fingerprint density at radius 3 is 2.68 bits per heavy atom. The number of amides is 1. The van der Waals surface area contributed by atoms with Crippen molar-refractivity contribution in [1.29, 1.82) is 0 Å². The van der Waals surface area contributed by atoms with Crippen LogP contribution in [-0.4, -0.2) is 25.7 Å². The molecule has 1 fully saturated rings. The molecule has 1 aromatic heterocycles. The van der Waals surface area contributed by atoms with Gasteiger partial charge in [0.25, 0.3) is 0 Å². The van der Waals surface area contributed by atoms with Gasteiger partial charge >= 0.3 is 0 Å². The van der Waals surface area contributed by atoms with E-state index < -0.39 is 5.41 Å². The molecular weight excluding hydrogens is 338 g/mol. The number of carbonyl (C=O) groups excluding carboxylic acids is 1. The highest BCUT2D eigenvalue weighted by atomic mass is 32.1. The summed E-state index contributed by atoms with van der Waals surface area (Å²) in [5, 5.41) is 4.89. The number of anilines is 1. The van der Waals surface area contributed by atoms with E-state index in [4.69, 9.17) is 14.2 Å². The van der Waals surface area contributed by atoms with E-state index in [2.05, 4.69) is 11.9 Å². The molecule has 2 heterocycles. The Morgan fingerprint density at radius 2 is 2.08 bits per heavy atom.